The van der Waals surface area contributed by atoms with Crippen LogP contribution in [0.25, 0.3) is 0 Å². The Morgan fingerprint density at radius 3 is 1.68 bits per heavy atom. The molecule has 0 aromatic heterocycles. The number of rotatable bonds is 16. The van der Waals surface area contributed by atoms with E-state index in [9.17, 15) is 33.6 Å². The van der Waals surface area contributed by atoms with E-state index in [1.807, 2.05) is 0 Å². The van der Waals surface area contributed by atoms with E-state index in [0.717, 1.165) is 6.08 Å². The van der Waals surface area contributed by atoms with Crippen LogP contribution >= 0.6 is 0 Å². The Kier molecular flexibility index (Phi) is 15.1. The van der Waals surface area contributed by atoms with E-state index in [4.69, 9.17) is 33.2 Å². The molecule has 14 nitrogen and oxygen atoms in total. The van der Waals surface area contributed by atoms with Crippen LogP contribution in [0.2, 0.25) is 0 Å². The maximum Gasteiger partial charge on any atom is 0.341 e. The van der Waals surface area contributed by atoms with Crippen molar-refractivity contribution in [2.75, 3.05) is 20.3 Å². The van der Waals surface area contributed by atoms with Gasteiger partial charge in [-0.1, -0.05) is 6.58 Å². The first kappa shape index (κ1) is 40.2. The quantitative estimate of drug-likeness (QED) is 0.0533. The van der Waals surface area contributed by atoms with Crippen molar-refractivity contribution in [3.8, 4) is 23.0 Å². The Hall–Kier alpha value is -5.53. The van der Waals surface area contributed by atoms with Crippen LogP contribution in [0.4, 0.5) is 0 Å². The molecule has 0 unspecified atom stereocenters. The Morgan fingerprint density at radius 1 is 0.660 bits per heavy atom. The lowest BCUT2D eigenvalue weighted by Gasteiger charge is -2.26. The normalized spacial score (nSPS) is 19.4. The van der Waals surface area contributed by atoms with Crippen LogP contribution in [0.3, 0.4) is 0 Å². The van der Waals surface area contributed by atoms with Gasteiger partial charge in [-0.25, -0.2) is 9.59 Å². The lowest BCUT2D eigenvalue weighted by atomic mass is 9.82. The van der Waals surface area contributed by atoms with Crippen LogP contribution < -0.4 is 18.9 Å². The van der Waals surface area contributed by atoms with Crippen LogP contribution in [-0.2, 0) is 43.0 Å². The fourth-order valence-electron chi connectivity index (χ4n) is 6.24. The van der Waals surface area contributed by atoms with E-state index >= 15 is 0 Å². The molecule has 0 radical (unpaired) electrons. The zero-order chi connectivity index (χ0) is 38.3. The third-order valence-electron chi connectivity index (χ3n) is 9.31. The average Bonchev–Trinajstić information content (AvgIpc) is 3.17. The van der Waals surface area contributed by atoms with Crippen molar-refractivity contribution in [3.63, 3.8) is 0 Å². The first-order valence-corrected chi connectivity index (χ1v) is 17.6. The van der Waals surface area contributed by atoms with Crippen LogP contribution in [-0.4, -0.2) is 62.6 Å². The van der Waals surface area contributed by atoms with Gasteiger partial charge in [0.25, 0.3) is 6.47 Å². The second kappa shape index (κ2) is 19.9. The predicted molar refractivity (Wildman–Crippen MR) is 185 cm³/mol. The van der Waals surface area contributed by atoms with Crippen molar-refractivity contribution >= 4 is 42.3 Å². The summed E-state index contributed by atoms with van der Waals surface area (Å²) in [6, 6.07) is 8.70. The van der Waals surface area contributed by atoms with Gasteiger partial charge in [0.1, 0.15) is 28.6 Å². The molecule has 53 heavy (non-hydrogen) atoms. The number of aryl methyl sites for hydroxylation is 1. The number of esters is 6. The van der Waals surface area contributed by atoms with E-state index < -0.39 is 47.6 Å². The van der Waals surface area contributed by atoms with Crippen molar-refractivity contribution in [2.45, 2.75) is 71.1 Å². The minimum absolute atomic E-state index is 0.0579. The molecular weight excluding hydrogens is 692 g/mol. The topological polar surface area (TPSA) is 184 Å². The fourth-order valence-corrected chi connectivity index (χ4v) is 6.24. The molecule has 284 valence electrons. The SMILES string of the molecule is C=CC(=O)OCCCCOC(=O)C1CCC(C(=O)Oc2ccc(OC(=O)C3CCC(C(=O)Oc4ccc(OC=O)cc4C)CC3)c(C(=O)OC)c2)CC1. The van der Waals surface area contributed by atoms with Crippen LogP contribution in [0.1, 0.15) is 80.1 Å². The summed E-state index contributed by atoms with van der Waals surface area (Å²) in [5.74, 6) is -4.20. The summed E-state index contributed by atoms with van der Waals surface area (Å²) >= 11 is 0. The van der Waals surface area contributed by atoms with Crippen molar-refractivity contribution in [3.05, 3.63) is 60.2 Å². The Bertz CT molecular complexity index is 1660. The molecule has 0 saturated heterocycles. The molecule has 2 aliphatic carbocycles. The number of hydrogen-bond acceptors (Lipinski definition) is 14. The van der Waals surface area contributed by atoms with Gasteiger partial charge in [-0.05, 0) is 113 Å². The summed E-state index contributed by atoms with van der Waals surface area (Å²) < 4.78 is 36.7. The van der Waals surface area contributed by atoms with Crippen molar-refractivity contribution in [1.29, 1.82) is 0 Å². The van der Waals surface area contributed by atoms with Crippen LogP contribution in [0.15, 0.2) is 49.1 Å². The number of hydrogen-bond donors (Lipinski definition) is 0. The molecule has 2 fully saturated rings. The highest BCUT2D eigenvalue weighted by atomic mass is 16.6. The molecule has 2 aromatic rings. The largest absolute Gasteiger partial charge is 0.465 e. The molecule has 2 saturated carbocycles. The molecule has 0 atom stereocenters. The highest BCUT2D eigenvalue weighted by Gasteiger charge is 2.34. The van der Waals surface area contributed by atoms with Gasteiger partial charge >= 0.3 is 35.8 Å². The summed E-state index contributed by atoms with van der Waals surface area (Å²) in [6.45, 7) is 5.78. The third-order valence-corrected chi connectivity index (χ3v) is 9.31. The fraction of sp³-hybridized carbons (Fsp3) is 0.462. The smallest absolute Gasteiger partial charge is 0.341 e. The van der Waals surface area contributed by atoms with Crippen LogP contribution in [0, 0.1) is 30.6 Å². The van der Waals surface area contributed by atoms with E-state index in [1.54, 1.807) is 19.1 Å². The molecule has 2 aliphatic rings. The summed E-state index contributed by atoms with van der Waals surface area (Å²) in [5, 5.41) is 0. The lowest BCUT2D eigenvalue weighted by molar-refractivity contribution is -0.152. The van der Waals surface area contributed by atoms with E-state index in [1.165, 1.54) is 31.4 Å². The van der Waals surface area contributed by atoms with Gasteiger partial charge < -0.3 is 33.2 Å². The number of benzene rings is 2. The Balaban J connectivity index is 1.23. The number of ether oxygens (including phenoxy) is 7. The maximum absolute atomic E-state index is 13.1. The molecule has 0 heterocycles. The van der Waals surface area contributed by atoms with Crippen molar-refractivity contribution < 1.29 is 66.7 Å². The van der Waals surface area contributed by atoms with Gasteiger partial charge in [-0.3, -0.25) is 24.0 Å². The molecule has 4 rings (SSSR count). The summed E-state index contributed by atoms with van der Waals surface area (Å²) in [5.41, 5.74) is 0.517. The maximum atomic E-state index is 13.1. The van der Waals surface area contributed by atoms with E-state index in [0.29, 0.717) is 87.7 Å². The number of unbranched alkanes of at least 4 members (excludes halogenated alkanes) is 1. The van der Waals surface area contributed by atoms with Gasteiger partial charge in [0.15, 0.2) is 0 Å². The van der Waals surface area contributed by atoms with Gasteiger partial charge in [0.2, 0.25) is 0 Å². The molecule has 2 aromatic carbocycles. The van der Waals surface area contributed by atoms with Gasteiger partial charge in [-0.2, -0.15) is 0 Å². The number of carbonyl (C=O) groups excluding carboxylic acids is 7. The first-order valence-electron chi connectivity index (χ1n) is 17.6. The van der Waals surface area contributed by atoms with Crippen LogP contribution in [0.5, 0.6) is 23.0 Å². The Labute approximate surface area is 307 Å². The standard InChI is InChI=1S/C39H44O14/c1-4-34(41)48-19-5-6-20-49-35(42)25-7-9-26(10-8-25)36(43)51-30-16-18-33(31(22-30)39(46)47-3)53-38(45)28-13-11-27(12-14-28)37(44)52-32-17-15-29(50-23-40)21-24(32)2/h4,15-18,21-23,25-28H,1,5-14,19-20H2,2-3H3. The molecule has 0 spiro atoms. The second-order valence-corrected chi connectivity index (χ2v) is 12.9. The van der Waals surface area contributed by atoms with Crippen molar-refractivity contribution in [1.82, 2.24) is 0 Å². The van der Waals surface area contributed by atoms with Gasteiger partial charge in [-0.15, -0.1) is 0 Å². The highest BCUT2D eigenvalue weighted by Crippen LogP contribution is 2.35. The van der Waals surface area contributed by atoms with E-state index in [-0.39, 0.29) is 42.2 Å². The molecule has 0 N–H and O–H groups in total. The van der Waals surface area contributed by atoms with Gasteiger partial charge in [0, 0.05) is 6.08 Å². The molecule has 14 heteroatoms. The molecular formula is C39H44O14. The summed E-state index contributed by atoms with van der Waals surface area (Å²) in [7, 11) is 1.17. The third kappa shape index (κ3) is 11.7. The highest BCUT2D eigenvalue weighted by molar-refractivity contribution is 5.94. The molecule has 0 aliphatic heterocycles. The summed E-state index contributed by atoms with van der Waals surface area (Å²) in [6.07, 6.45) is 5.42. The second-order valence-electron chi connectivity index (χ2n) is 12.9. The zero-order valence-corrected chi connectivity index (χ0v) is 29.8. The molecule has 0 bridgehead atoms. The number of carbonyl (C=O) groups is 7. The number of methoxy groups -OCH3 is 1. The average molecular weight is 737 g/mol. The van der Waals surface area contributed by atoms with Crippen molar-refractivity contribution in [2.24, 2.45) is 23.7 Å². The van der Waals surface area contributed by atoms with E-state index in [2.05, 4.69) is 6.58 Å². The first-order chi connectivity index (χ1) is 25.5. The Morgan fingerprint density at radius 2 is 1.15 bits per heavy atom. The van der Waals surface area contributed by atoms with Gasteiger partial charge in [0.05, 0.1) is 44.0 Å². The monoisotopic (exact) mass is 736 g/mol. The molecule has 0 amide bonds. The minimum atomic E-state index is -0.796. The minimum Gasteiger partial charge on any atom is -0.465 e. The summed E-state index contributed by atoms with van der Waals surface area (Å²) in [4.78, 5) is 85.7. The zero-order valence-electron chi connectivity index (χ0n) is 29.8. The predicted octanol–water partition coefficient (Wildman–Crippen LogP) is 5.40. The lowest BCUT2D eigenvalue weighted by Crippen LogP contribution is -2.30.